The molecular weight excluding hydrogens is 393 g/mol. The van der Waals surface area contributed by atoms with E-state index in [-0.39, 0.29) is 17.1 Å². The van der Waals surface area contributed by atoms with Crippen LogP contribution in [0.3, 0.4) is 0 Å². The van der Waals surface area contributed by atoms with Crippen molar-refractivity contribution in [1.29, 1.82) is 0 Å². The second-order valence-electron chi connectivity index (χ2n) is 5.36. The van der Waals surface area contributed by atoms with E-state index in [9.17, 15) is 17.9 Å². The quantitative estimate of drug-likeness (QED) is 0.461. The molecule has 1 atom stereocenters. The van der Waals surface area contributed by atoms with E-state index < -0.39 is 23.1 Å². The van der Waals surface area contributed by atoms with Crippen molar-refractivity contribution >= 4 is 40.5 Å². The first-order chi connectivity index (χ1) is 13.0. The highest BCUT2D eigenvalue weighted by Crippen LogP contribution is 2.33. The van der Waals surface area contributed by atoms with E-state index in [1.807, 2.05) is 30.3 Å². The van der Waals surface area contributed by atoms with Crippen LogP contribution in [0.15, 0.2) is 48.5 Å². The van der Waals surface area contributed by atoms with Gasteiger partial charge in [-0.05, 0) is 23.8 Å². The van der Waals surface area contributed by atoms with Gasteiger partial charge in [-0.3, -0.25) is 8.51 Å². The minimum absolute atomic E-state index is 0.00735. The molecule has 0 radical (unpaired) electrons. The van der Waals surface area contributed by atoms with E-state index in [0.29, 0.717) is 12.1 Å². The Labute approximate surface area is 161 Å². The van der Waals surface area contributed by atoms with Gasteiger partial charge in [-0.1, -0.05) is 30.3 Å². The lowest BCUT2D eigenvalue weighted by Crippen LogP contribution is -2.24. The molecule has 0 fully saturated rings. The van der Waals surface area contributed by atoms with Gasteiger partial charge in [-0.2, -0.15) is 8.75 Å². The van der Waals surface area contributed by atoms with Crippen molar-refractivity contribution in [3.63, 3.8) is 0 Å². The Hall–Kier alpha value is -2.69. The molecular formula is C17H13FN3O4S2-. The molecule has 140 valence electrons. The van der Waals surface area contributed by atoms with Crippen LogP contribution < -0.4 is 4.31 Å². The summed E-state index contributed by atoms with van der Waals surface area (Å²) in [6.07, 6.45) is 0.323. The Bertz CT molecular complexity index is 981. The summed E-state index contributed by atoms with van der Waals surface area (Å²) in [6, 6.07) is 12.4. The Morgan fingerprint density at radius 1 is 1.26 bits per heavy atom. The van der Waals surface area contributed by atoms with Crippen LogP contribution >= 0.6 is 11.7 Å². The average molecular weight is 406 g/mol. The third-order valence-corrected chi connectivity index (χ3v) is 4.90. The zero-order valence-corrected chi connectivity index (χ0v) is 15.6. The number of hydrogen-bond donors (Lipinski definition) is 0. The van der Waals surface area contributed by atoms with Gasteiger partial charge in [0, 0.05) is 6.42 Å². The summed E-state index contributed by atoms with van der Waals surface area (Å²) in [7, 11) is 1.15. The van der Waals surface area contributed by atoms with Crippen LogP contribution in [-0.2, 0) is 22.4 Å². The van der Waals surface area contributed by atoms with Crippen LogP contribution in [0, 0.1) is 5.82 Å². The Morgan fingerprint density at radius 2 is 2.00 bits per heavy atom. The maximum absolute atomic E-state index is 13.8. The van der Waals surface area contributed by atoms with Gasteiger partial charge in [0.05, 0.1) is 41.4 Å². The van der Waals surface area contributed by atoms with Crippen molar-refractivity contribution in [3.8, 4) is 0 Å². The normalized spacial score (nSPS) is 11.8. The molecule has 1 aromatic heterocycles. The average Bonchev–Trinajstić information content (AvgIpc) is 3.09. The van der Waals surface area contributed by atoms with Crippen molar-refractivity contribution in [2.75, 3.05) is 11.4 Å². The SMILES string of the molecule is COC(=O)c1ccc(F)cc1N(c1nsnc1Cc1ccccc1)S(=O)[O-]. The zero-order valence-electron chi connectivity index (χ0n) is 14.0. The predicted molar refractivity (Wildman–Crippen MR) is 98.0 cm³/mol. The number of carbonyl (C=O) groups is 1. The summed E-state index contributed by atoms with van der Waals surface area (Å²) in [5, 5.41) is 0. The summed E-state index contributed by atoms with van der Waals surface area (Å²) < 4.78 is 51.4. The van der Waals surface area contributed by atoms with E-state index in [2.05, 4.69) is 13.5 Å². The number of anilines is 2. The van der Waals surface area contributed by atoms with E-state index in [1.165, 1.54) is 0 Å². The van der Waals surface area contributed by atoms with E-state index in [1.54, 1.807) is 0 Å². The molecule has 0 N–H and O–H groups in total. The smallest absolute Gasteiger partial charge is 0.340 e. The minimum atomic E-state index is -2.88. The molecule has 3 aromatic rings. The van der Waals surface area contributed by atoms with Crippen LogP contribution in [0.4, 0.5) is 15.9 Å². The molecule has 0 saturated carbocycles. The minimum Gasteiger partial charge on any atom is -0.755 e. The van der Waals surface area contributed by atoms with Gasteiger partial charge in [0.2, 0.25) is 0 Å². The second kappa shape index (κ2) is 8.33. The monoisotopic (exact) mass is 406 g/mol. The van der Waals surface area contributed by atoms with Crippen LogP contribution in [0.2, 0.25) is 0 Å². The Kier molecular flexibility index (Phi) is 5.89. The summed E-state index contributed by atoms with van der Waals surface area (Å²) in [6.45, 7) is 0. The lowest BCUT2D eigenvalue weighted by atomic mass is 10.1. The van der Waals surface area contributed by atoms with Gasteiger partial charge >= 0.3 is 5.97 Å². The fourth-order valence-corrected chi connectivity index (χ4v) is 3.68. The molecule has 0 aliphatic heterocycles. The molecule has 1 heterocycles. The van der Waals surface area contributed by atoms with Gasteiger partial charge in [0.25, 0.3) is 0 Å². The largest absolute Gasteiger partial charge is 0.755 e. The molecule has 0 saturated heterocycles. The highest BCUT2D eigenvalue weighted by molar-refractivity contribution is 7.81. The molecule has 0 amide bonds. The van der Waals surface area contributed by atoms with E-state index in [0.717, 1.165) is 46.9 Å². The van der Waals surface area contributed by atoms with Crippen LogP contribution in [0.1, 0.15) is 21.6 Å². The predicted octanol–water partition coefficient (Wildman–Crippen LogP) is 2.99. The van der Waals surface area contributed by atoms with Gasteiger partial charge in [-0.25, -0.2) is 9.18 Å². The molecule has 7 nitrogen and oxygen atoms in total. The van der Waals surface area contributed by atoms with Crippen LogP contribution in [0.5, 0.6) is 0 Å². The maximum Gasteiger partial charge on any atom is 0.340 e. The van der Waals surface area contributed by atoms with E-state index in [4.69, 9.17) is 0 Å². The standard InChI is InChI=1S/C17H14FN3O4S2/c1-25-17(22)13-8-7-12(18)10-15(13)21(27(23)24)16-14(19-26-20-16)9-11-5-3-2-4-6-11/h2-8,10H,9H2,1H3,(H,23,24)/p-1. The number of halogens is 1. The van der Waals surface area contributed by atoms with Crippen molar-refractivity contribution in [3.05, 3.63) is 71.2 Å². The molecule has 27 heavy (non-hydrogen) atoms. The Balaban J connectivity index is 2.09. The molecule has 0 spiro atoms. The molecule has 3 rings (SSSR count). The zero-order chi connectivity index (χ0) is 19.4. The van der Waals surface area contributed by atoms with Gasteiger partial charge < -0.3 is 9.29 Å². The number of hydrogen-bond acceptors (Lipinski definition) is 7. The molecule has 1 unspecified atom stereocenters. The number of esters is 1. The number of methoxy groups -OCH3 is 1. The van der Waals surface area contributed by atoms with E-state index >= 15 is 0 Å². The lowest BCUT2D eigenvalue weighted by Gasteiger charge is -2.26. The van der Waals surface area contributed by atoms with Crippen molar-refractivity contribution in [1.82, 2.24) is 8.75 Å². The number of carbonyl (C=O) groups excluding carboxylic acids is 1. The second-order valence-corrected chi connectivity index (χ2v) is 6.69. The maximum atomic E-state index is 13.8. The molecule has 10 heteroatoms. The highest BCUT2D eigenvalue weighted by atomic mass is 32.2. The molecule has 2 aromatic carbocycles. The third kappa shape index (κ3) is 4.18. The number of benzene rings is 2. The first-order valence-corrected chi connectivity index (χ1v) is 9.40. The number of nitrogens with zero attached hydrogens (tertiary/aromatic N) is 3. The first kappa shape index (κ1) is 19.1. The molecule has 0 aliphatic carbocycles. The summed E-state index contributed by atoms with van der Waals surface area (Å²) in [5.74, 6) is -1.50. The summed E-state index contributed by atoms with van der Waals surface area (Å²) >= 11 is -2.05. The topological polar surface area (TPSA) is 95.5 Å². The van der Waals surface area contributed by atoms with Gasteiger partial charge in [0.15, 0.2) is 5.82 Å². The summed E-state index contributed by atoms with van der Waals surface area (Å²) in [4.78, 5) is 12.0. The number of aromatic nitrogens is 2. The number of ether oxygens (including phenoxy) is 1. The van der Waals surface area contributed by atoms with Gasteiger partial charge in [-0.15, -0.1) is 0 Å². The highest BCUT2D eigenvalue weighted by Gasteiger charge is 2.25. The fraction of sp³-hybridized carbons (Fsp3) is 0.118. The number of rotatable bonds is 6. The molecule has 0 aliphatic rings. The van der Waals surface area contributed by atoms with Crippen LogP contribution in [0.25, 0.3) is 0 Å². The fourth-order valence-electron chi connectivity index (χ4n) is 2.48. The van der Waals surface area contributed by atoms with Crippen molar-refractivity contribution in [2.45, 2.75) is 6.42 Å². The van der Waals surface area contributed by atoms with Crippen molar-refractivity contribution in [2.24, 2.45) is 0 Å². The Morgan fingerprint density at radius 3 is 2.67 bits per heavy atom. The van der Waals surface area contributed by atoms with Crippen LogP contribution in [-0.4, -0.2) is 30.6 Å². The molecule has 0 bridgehead atoms. The van der Waals surface area contributed by atoms with Crippen molar-refractivity contribution < 1.29 is 22.7 Å². The summed E-state index contributed by atoms with van der Waals surface area (Å²) in [5.41, 5.74) is 0.977. The lowest BCUT2D eigenvalue weighted by molar-refractivity contribution is 0.0601. The van der Waals surface area contributed by atoms with Gasteiger partial charge in [0.1, 0.15) is 11.5 Å². The third-order valence-electron chi connectivity index (χ3n) is 3.68. The first-order valence-electron chi connectivity index (χ1n) is 7.64.